The molecule has 0 spiro atoms. The highest BCUT2D eigenvalue weighted by Gasteiger charge is 2.19. The maximum absolute atomic E-state index is 5.62. The lowest BCUT2D eigenvalue weighted by molar-refractivity contribution is 0.229. The number of anilines is 1. The largest absolute Gasteiger partial charge is 0.468 e. The molecule has 1 fully saturated rings. The van der Waals surface area contributed by atoms with Gasteiger partial charge in [-0.05, 0) is 25.2 Å². The molecule has 0 aromatic carbocycles. The van der Waals surface area contributed by atoms with E-state index in [1.165, 1.54) is 5.56 Å². The molecule has 2 aromatic heterocycles. The molecule has 0 atom stereocenters. The van der Waals surface area contributed by atoms with Crippen molar-refractivity contribution in [2.45, 2.75) is 13.1 Å². The second-order valence-electron chi connectivity index (χ2n) is 5.35. The van der Waals surface area contributed by atoms with Gasteiger partial charge in [-0.3, -0.25) is 4.90 Å². The van der Waals surface area contributed by atoms with Crippen LogP contribution in [0.25, 0.3) is 0 Å². The fourth-order valence-corrected chi connectivity index (χ4v) is 2.73. The predicted octanol–water partition coefficient (Wildman–Crippen LogP) is 1.72. The van der Waals surface area contributed by atoms with Gasteiger partial charge < -0.3 is 14.6 Å². The third-order valence-corrected chi connectivity index (χ3v) is 3.92. The molecule has 1 saturated heterocycles. The van der Waals surface area contributed by atoms with Gasteiger partial charge >= 0.3 is 0 Å². The minimum atomic E-state index is 0.861. The fourth-order valence-electron chi connectivity index (χ4n) is 2.73. The molecule has 0 aliphatic carbocycles. The van der Waals surface area contributed by atoms with Crippen LogP contribution in [0.15, 0.2) is 41.1 Å². The van der Waals surface area contributed by atoms with Crippen LogP contribution < -0.4 is 10.2 Å². The van der Waals surface area contributed by atoms with Gasteiger partial charge in [0, 0.05) is 44.5 Å². The van der Waals surface area contributed by atoms with E-state index >= 15 is 0 Å². The third-order valence-electron chi connectivity index (χ3n) is 3.92. The molecule has 0 radical (unpaired) electrons. The summed E-state index contributed by atoms with van der Waals surface area (Å²) in [4.78, 5) is 9.20. The van der Waals surface area contributed by atoms with Crippen LogP contribution >= 0.6 is 0 Å². The lowest BCUT2D eigenvalue weighted by atomic mass is 10.2. The quantitative estimate of drug-likeness (QED) is 0.906. The van der Waals surface area contributed by atoms with Crippen molar-refractivity contribution in [3.05, 3.63) is 48.0 Å². The summed E-state index contributed by atoms with van der Waals surface area (Å²) in [6.45, 7) is 5.85. The molecular formula is C16H22N4O. The van der Waals surface area contributed by atoms with E-state index in [1.807, 2.05) is 25.4 Å². The Hall–Kier alpha value is -1.85. The number of furan rings is 1. The lowest BCUT2D eigenvalue weighted by Gasteiger charge is -2.35. The van der Waals surface area contributed by atoms with Gasteiger partial charge in [-0.1, -0.05) is 6.07 Å². The maximum Gasteiger partial charge on any atom is 0.128 e. The van der Waals surface area contributed by atoms with E-state index in [1.54, 1.807) is 6.26 Å². The fraction of sp³-hybridized carbons (Fsp3) is 0.438. The van der Waals surface area contributed by atoms with Crippen molar-refractivity contribution in [2.75, 3.05) is 38.1 Å². The number of hydrogen-bond donors (Lipinski definition) is 1. The zero-order chi connectivity index (χ0) is 14.5. The number of rotatable bonds is 5. The highest BCUT2D eigenvalue weighted by atomic mass is 16.3. The Kier molecular flexibility index (Phi) is 4.52. The zero-order valence-electron chi connectivity index (χ0n) is 12.5. The van der Waals surface area contributed by atoms with Crippen molar-refractivity contribution < 1.29 is 4.42 Å². The standard InChI is InChI=1S/C16H22N4O/c1-17-12-14-5-11-21-15(14)13-19-7-9-20(10-8-19)16-4-2-3-6-18-16/h2-6,11,17H,7-10,12-13H2,1H3. The van der Waals surface area contributed by atoms with Gasteiger partial charge in [0.05, 0.1) is 12.8 Å². The molecule has 1 N–H and O–H groups in total. The van der Waals surface area contributed by atoms with Crippen LogP contribution in [0.4, 0.5) is 5.82 Å². The Balaban J connectivity index is 1.55. The first-order valence-electron chi connectivity index (χ1n) is 7.45. The molecule has 3 heterocycles. The van der Waals surface area contributed by atoms with E-state index < -0.39 is 0 Å². The van der Waals surface area contributed by atoms with E-state index in [0.29, 0.717) is 0 Å². The van der Waals surface area contributed by atoms with E-state index in [4.69, 9.17) is 4.42 Å². The van der Waals surface area contributed by atoms with Crippen LogP contribution in [0, 0.1) is 0 Å². The molecule has 0 amide bonds. The molecule has 2 aromatic rings. The zero-order valence-corrected chi connectivity index (χ0v) is 12.5. The molecule has 1 aliphatic rings. The number of piperazine rings is 1. The van der Waals surface area contributed by atoms with Crippen molar-refractivity contribution in [1.29, 1.82) is 0 Å². The first-order valence-corrected chi connectivity index (χ1v) is 7.45. The molecule has 1 aliphatic heterocycles. The molecule has 0 bridgehead atoms. The van der Waals surface area contributed by atoms with E-state index in [2.05, 4.69) is 32.2 Å². The molecule has 0 saturated carbocycles. The molecule has 21 heavy (non-hydrogen) atoms. The van der Waals surface area contributed by atoms with Gasteiger partial charge in [0.1, 0.15) is 11.6 Å². The van der Waals surface area contributed by atoms with Crippen LogP contribution in [-0.4, -0.2) is 43.1 Å². The van der Waals surface area contributed by atoms with Crippen LogP contribution in [0.3, 0.4) is 0 Å². The van der Waals surface area contributed by atoms with Crippen molar-refractivity contribution in [2.24, 2.45) is 0 Å². The van der Waals surface area contributed by atoms with Gasteiger partial charge in [-0.15, -0.1) is 0 Å². The number of aromatic nitrogens is 1. The Morgan fingerprint density at radius 2 is 2.05 bits per heavy atom. The molecule has 0 unspecified atom stereocenters. The number of hydrogen-bond acceptors (Lipinski definition) is 5. The highest BCUT2D eigenvalue weighted by molar-refractivity contribution is 5.38. The van der Waals surface area contributed by atoms with E-state index in [0.717, 1.165) is 50.8 Å². The molecule has 3 rings (SSSR count). The summed E-state index contributed by atoms with van der Waals surface area (Å²) in [6, 6.07) is 8.13. The Labute approximate surface area is 125 Å². The van der Waals surface area contributed by atoms with Crippen molar-refractivity contribution in [3.8, 4) is 0 Å². The number of pyridine rings is 1. The van der Waals surface area contributed by atoms with Crippen LogP contribution in [0.2, 0.25) is 0 Å². The van der Waals surface area contributed by atoms with E-state index in [9.17, 15) is 0 Å². The number of nitrogens with zero attached hydrogens (tertiary/aromatic N) is 3. The summed E-state index contributed by atoms with van der Waals surface area (Å²) < 4.78 is 5.62. The van der Waals surface area contributed by atoms with Crippen molar-refractivity contribution in [3.63, 3.8) is 0 Å². The minimum absolute atomic E-state index is 0.861. The molecule has 5 nitrogen and oxygen atoms in total. The minimum Gasteiger partial charge on any atom is -0.468 e. The summed E-state index contributed by atoms with van der Waals surface area (Å²) >= 11 is 0. The predicted molar refractivity (Wildman–Crippen MR) is 83.2 cm³/mol. The summed E-state index contributed by atoms with van der Waals surface area (Å²) in [6.07, 6.45) is 3.64. The summed E-state index contributed by atoms with van der Waals surface area (Å²) in [7, 11) is 1.96. The van der Waals surface area contributed by atoms with Gasteiger partial charge in [0.15, 0.2) is 0 Å². The van der Waals surface area contributed by atoms with Gasteiger partial charge in [-0.2, -0.15) is 0 Å². The van der Waals surface area contributed by atoms with Gasteiger partial charge in [-0.25, -0.2) is 4.98 Å². The van der Waals surface area contributed by atoms with Gasteiger partial charge in [0.2, 0.25) is 0 Å². The average Bonchev–Trinajstić information content (AvgIpc) is 2.96. The molecule has 5 heteroatoms. The second kappa shape index (κ2) is 6.74. The normalized spacial score (nSPS) is 16.3. The van der Waals surface area contributed by atoms with Gasteiger partial charge in [0.25, 0.3) is 0 Å². The topological polar surface area (TPSA) is 44.5 Å². The van der Waals surface area contributed by atoms with Crippen LogP contribution in [-0.2, 0) is 13.1 Å². The Morgan fingerprint density at radius 1 is 1.19 bits per heavy atom. The summed E-state index contributed by atoms with van der Waals surface area (Å²) in [5.74, 6) is 2.15. The average molecular weight is 286 g/mol. The lowest BCUT2D eigenvalue weighted by Crippen LogP contribution is -2.46. The number of nitrogens with one attached hydrogen (secondary N) is 1. The molecular weight excluding hydrogens is 264 g/mol. The van der Waals surface area contributed by atoms with Crippen LogP contribution in [0.5, 0.6) is 0 Å². The first kappa shape index (κ1) is 14.1. The highest BCUT2D eigenvalue weighted by Crippen LogP contribution is 2.17. The molecule has 112 valence electrons. The first-order chi connectivity index (χ1) is 10.4. The third kappa shape index (κ3) is 3.43. The summed E-state index contributed by atoms with van der Waals surface area (Å²) in [5.41, 5.74) is 1.25. The second-order valence-corrected chi connectivity index (χ2v) is 5.35. The van der Waals surface area contributed by atoms with E-state index in [-0.39, 0.29) is 0 Å². The monoisotopic (exact) mass is 286 g/mol. The maximum atomic E-state index is 5.62. The summed E-state index contributed by atoms with van der Waals surface area (Å²) in [5, 5.41) is 3.18. The van der Waals surface area contributed by atoms with Crippen molar-refractivity contribution >= 4 is 5.82 Å². The smallest absolute Gasteiger partial charge is 0.128 e. The van der Waals surface area contributed by atoms with Crippen molar-refractivity contribution in [1.82, 2.24) is 15.2 Å². The van der Waals surface area contributed by atoms with Crippen LogP contribution in [0.1, 0.15) is 11.3 Å². The SMILES string of the molecule is CNCc1ccoc1CN1CCN(c2ccccn2)CC1. The Morgan fingerprint density at radius 3 is 2.76 bits per heavy atom. The Bertz CT molecular complexity index is 546.